The van der Waals surface area contributed by atoms with Crippen molar-refractivity contribution in [2.24, 2.45) is 0 Å². The number of nitrogens with zero attached hydrogens (tertiary/aromatic N) is 1. The van der Waals surface area contributed by atoms with E-state index in [1.807, 2.05) is 30.3 Å². The van der Waals surface area contributed by atoms with Crippen LogP contribution < -0.4 is 5.32 Å². The number of hydrogen-bond acceptors (Lipinski definition) is 4. The Kier molecular flexibility index (Phi) is 6.14. The molecule has 7 heteroatoms. The number of carbonyl (C=O) groups excluding carboxylic acids is 2. The molecule has 3 rings (SSSR count). The molecule has 2 aromatic carbocycles. The van der Waals surface area contributed by atoms with E-state index in [2.05, 4.69) is 5.32 Å². The summed E-state index contributed by atoms with van der Waals surface area (Å²) in [4.78, 5) is 25.9. The van der Waals surface area contributed by atoms with E-state index in [0.29, 0.717) is 18.7 Å². The van der Waals surface area contributed by atoms with Crippen molar-refractivity contribution in [3.05, 3.63) is 65.7 Å². The van der Waals surface area contributed by atoms with Crippen LogP contribution >= 0.6 is 0 Å². The molecule has 0 aromatic heterocycles. The second-order valence-corrected chi connectivity index (χ2v) is 9.35. The van der Waals surface area contributed by atoms with Crippen LogP contribution in [0.1, 0.15) is 24.5 Å². The van der Waals surface area contributed by atoms with Crippen molar-refractivity contribution in [1.29, 1.82) is 0 Å². The zero-order valence-electron chi connectivity index (χ0n) is 15.8. The summed E-state index contributed by atoms with van der Waals surface area (Å²) in [6, 6.07) is 16.4. The fraction of sp³-hybridized carbons (Fsp3) is 0.333. The highest BCUT2D eigenvalue weighted by atomic mass is 32.2. The van der Waals surface area contributed by atoms with Gasteiger partial charge in [0.2, 0.25) is 11.8 Å². The highest BCUT2D eigenvalue weighted by Crippen LogP contribution is 2.22. The molecule has 2 amide bonds. The summed E-state index contributed by atoms with van der Waals surface area (Å²) < 4.78 is 23.9. The lowest BCUT2D eigenvalue weighted by atomic mass is 10.1. The van der Waals surface area contributed by atoms with Crippen LogP contribution in [-0.4, -0.2) is 42.7 Å². The Morgan fingerprint density at radius 3 is 2.29 bits per heavy atom. The predicted octanol–water partition coefficient (Wildman–Crippen LogP) is 2.40. The van der Waals surface area contributed by atoms with Gasteiger partial charge in [0, 0.05) is 25.2 Å². The van der Waals surface area contributed by atoms with Gasteiger partial charge in [0.05, 0.1) is 17.9 Å². The fourth-order valence-electron chi connectivity index (χ4n) is 3.41. The van der Waals surface area contributed by atoms with E-state index in [1.165, 1.54) is 6.92 Å². The molecule has 0 spiro atoms. The van der Waals surface area contributed by atoms with Crippen LogP contribution in [0.3, 0.4) is 0 Å². The molecule has 1 saturated heterocycles. The van der Waals surface area contributed by atoms with Gasteiger partial charge in [0.15, 0.2) is 9.84 Å². The molecule has 6 nitrogen and oxygen atoms in total. The average molecular weight is 401 g/mol. The molecule has 0 saturated carbocycles. The molecule has 0 aliphatic carbocycles. The summed E-state index contributed by atoms with van der Waals surface area (Å²) in [7, 11) is -3.09. The summed E-state index contributed by atoms with van der Waals surface area (Å²) in [6.07, 6.45) is 0.659. The zero-order valence-corrected chi connectivity index (χ0v) is 16.6. The first-order chi connectivity index (χ1) is 13.3. The third-order valence-corrected chi connectivity index (χ3v) is 6.55. The van der Waals surface area contributed by atoms with Crippen molar-refractivity contribution >= 4 is 27.3 Å². The Hall–Kier alpha value is -2.67. The second kappa shape index (κ2) is 8.56. The molecule has 1 unspecified atom stereocenters. The molecule has 0 bridgehead atoms. The van der Waals surface area contributed by atoms with Crippen LogP contribution in [0.5, 0.6) is 0 Å². The molecule has 1 N–H and O–H groups in total. The van der Waals surface area contributed by atoms with Gasteiger partial charge in [-0.25, -0.2) is 8.42 Å². The molecule has 1 aliphatic rings. The number of rotatable bonds is 6. The molecule has 0 radical (unpaired) electrons. The number of hydrogen-bond donors (Lipinski definition) is 1. The van der Waals surface area contributed by atoms with Crippen molar-refractivity contribution in [1.82, 2.24) is 4.90 Å². The molecule has 1 heterocycles. The van der Waals surface area contributed by atoms with Crippen LogP contribution in [0.15, 0.2) is 54.6 Å². The van der Waals surface area contributed by atoms with Gasteiger partial charge in [-0.3, -0.25) is 9.59 Å². The molecule has 148 valence electrons. The summed E-state index contributed by atoms with van der Waals surface area (Å²) in [5.41, 5.74) is 2.46. The number of nitrogens with one attached hydrogen (secondary N) is 1. The van der Waals surface area contributed by atoms with Gasteiger partial charge in [-0.15, -0.1) is 0 Å². The Morgan fingerprint density at radius 1 is 1.04 bits per heavy atom. The highest BCUT2D eigenvalue weighted by Gasteiger charge is 2.34. The molecular weight excluding hydrogens is 376 g/mol. The summed E-state index contributed by atoms with van der Waals surface area (Å²) in [5.74, 6) is -0.104. The number of benzene rings is 2. The molecule has 1 atom stereocenters. The van der Waals surface area contributed by atoms with E-state index in [1.54, 1.807) is 29.2 Å². The van der Waals surface area contributed by atoms with E-state index < -0.39 is 9.84 Å². The number of amides is 2. The average Bonchev–Trinajstić information content (AvgIpc) is 3.01. The fourth-order valence-corrected chi connectivity index (χ4v) is 5.14. The lowest BCUT2D eigenvalue weighted by Crippen LogP contribution is -2.41. The molecule has 28 heavy (non-hydrogen) atoms. The van der Waals surface area contributed by atoms with Crippen molar-refractivity contribution in [3.63, 3.8) is 0 Å². The normalized spacial score (nSPS) is 17.8. The van der Waals surface area contributed by atoms with Crippen LogP contribution in [0.4, 0.5) is 5.69 Å². The molecular formula is C21H24N2O4S. The minimum Gasteiger partial charge on any atom is -0.334 e. The first-order valence-electron chi connectivity index (χ1n) is 9.23. The van der Waals surface area contributed by atoms with Crippen molar-refractivity contribution in [3.8, 4) is 0 Å². The predicted molar refractivity (Wildman–Crippen MR) is 109 cm³/mol. The van der Waals surface area contributed by atoms with E-state index in [9.17, 15) is 18.0 Å². The topological polar surface area (TPSA) is 83.6 Å². The van der Waals surface area contributed by atoms with Gasteiger partial charge in [-0.1, -0.05) is 42.5 Å². The number of sulfone groups is 1. The maximum atomic E-state index is 13.0. The minimum atomic E-state index is -3.09. The molecule has 1 aliphatic heterocycles. The minimum absolute atomic E-state index is 0.0209. The maximum Gasteiger partial charge on any atom is 0.227 e. The van der Waals surface area contributed by atoms with Gasteiger partial charge in [-0.05, 0) is 29.7 Å². The van der Waals surface area contributed by atoms with Crippen molar-refractivity contribution < 1.29 is 18.0 Å². The third kappa shape index (κ3) is 5.42. The lowest BCUT2D eigenvalue weighted by Gasteiger charge is -2.28. The Bertz CT molecular complexity index is 940. The Labute approximate surface area is 165 Å². The van der Waals surface area contributed by atoms with Gasteiger partial charge in [0.25, 0.3) is 0 Å². The summed E-state index contributed by atoms with van der Waals surface area (Å²) >= 11 is 0. The Morgan fingerprint density at radius 2 is 1.71 bits per heavy atom. The molecule has 1 fully saturated rings. The first kappa shape index (κ1) is 20.1. The third-order valence-electron chi connectivity index (χ3n) is 4.79. The monoisotopic (exact) mass is 400 g/mol. The van der Waals surface area contributed by atoms with Gasteiger partial charge in [0.1, 0.15) is 0 Å². The van der Waals surface area contributed by atoms with Crippen molar-refractivity contribution in [2.45, 2.75) is 32.4 Å². The van der Waals surface area contributed by atoms with Crippen LogP contribution in [0.2, 0.25) is 0 Å². The van der Waals surface area contributed by atoms with Crippen LogP contribution in [0.25, 0.3) is 0 Å². The quantitative estimate of drug-likeness (QED) is 0.807. The largest absolute Gasteiger partial charge is 0.334 e. The van der Waals surface area contributed by atoms with E-state index in [0.717, 1.165) is 11.1 Å². The Balaban J connectivity index is 1.75. The van der Waals surface area contributed by atoms with E-state index >= 15 is 0 Å². The van der Waals surface area contributed by atoms with Gasteiger partial charge >= 0.3 is 0 Å². The lowest BCUT2D eigenvalue weighted by molar-refractivity contribution is -0.133. The van der Waals surface area contributed by atoms with Crippen LogP contribution in [0, 0.1) is 0 Å². The highest BCUT2D eigenvalue weighted by molar-refractivity contribution is 7.91. The molecule has 2 aromatic rings. The van der Waals surface area contributed by atoms with Crippen LogP contribution in [-0.2, 0) is 32.4 Å². The smallest absolute Gasteiger partial charge is 0.227 e. The number of carbonyl (C=O) groups is 2. The second-order valence-electron chi connectivity index (χ2n) is 7.12. The van der Waals surface area contributed by atoms with Gasteiger partial charge in [-0.2, -0.15) is 0 Å². The maximum absolute atomic E-state index is 13.0. The summed E-state index contributed by atoms with van der Waals surface area (Å²) in [5, 5.41) is 2.69. The van der Waals surface area contributed by atoms with Crippen molar-refractivity contribution in [2.75, 3.05) is 16.8 Å². The zero-order chi connectivity index (χ0) is 20.1. The number of anilines is 1. The first-order valence-corrected chi connectivity index (χ1v) is 11.0. The SMILES string of the molecule is CC(=O)Nc1ccc(CC(=O)N(Cc2ccccc2)C2CCS(=O)(=O)C2)cc1. The van der Waals surface area contributed by atoms with E-state index in [4.69, 9.17) is 0 Å². The van der Waals surface area contributed by atoms with Gasteiger partial charge < -0.3 is 10.2 Å². The standard InChI is InChI=1S/C21H24N2O4S/c1-16(24)22-19-9-7-17(8-10-19)13-21(25)23(14-18-5-3-2-4-6-18)20-11-12-28(26,27)15-20/h2-10,20H,11-15H2,1H3,(H,22,24). The summed E-state index contributed by atoms with van der Waals surface area (Å²) in [6.45, 7) is 1.83. The van der Waals surface area contributed by atoms with E-state index in [-0.39, 0.29) is 35.8 Å².